The summed E-state index contributed by atoms with van der Waals surface area (Å²) < 4.78 is 1.02. The van der Waals surface area contributed by atoms with Gasteiger partial charge in [-0.2, -0.15) is 5.48 Å². The van der Waals surface area contributed by atoms with Crippen LogP contribution in [0.3, 0.4) is 0 Å². The van der Waals surface area contributed by atoms with E-state index in [0.29, 0.717) is 10.0 Å². The minimum Gasteiger partial charge on any atom is -0.305 e. The van der Waals surface area contributed by atoms with E-state index < -0.39 is 0 Å². The van der Waals surface area contributed by atoms with Crippen molar-refractivity contribution in [3.05, 3.63) is 31.3 Å². The summed E-state index contributed by atoms with van der Waals surface area (Å²) in [7, 11) is 1.56. The summed E-state index contributed by atoms with van der Waals surface area (Å²) >= 11 is 14.3. The highest BCUT2D eigenvalue weighted by atomic mass is 127. The lowest BCUT2D eigenvalue weighted by Gasteiger charge is -2.15. The number of hydrogen-bond acceptors (Lipinski definition) is 2. The number of rotatable bonds is 3. The minimum atomic E-state index is -0.0306. The van der Waals surface area contributed by atoms with Gasteiger partial charge in [0.2, 0.25) is 0 Å². The van der Waals surface area contributed by atoms with Crippen LogP contribution >= 0.6 is 45.8 Å². The van der Waals surface area contributed by atoms with Gasteiger partial charge in [-0.05, 0) is 41.6 Å². The molecule has 0 saturated heterocycles. The van der Waals surface area contributed by atoms with Crippen LogP contribution in [0, 0.1) is 3.57 Å². The van der Waals surface area contributed by atoms with Gasteiger partial charge in [0.1, 0.15) is 0 Å². The van der Waals surface area contributed by atoms with Gasteiger partial charge in [0.05, 0.1) is 13.2 Å². The zero-order valence-electron chi connectivity index (χ0n) is 7.77. The van der Waals surface area contributed by atoms with E-state index in [9.17, 15) is 0 Å². The van der Waals surface area contributed by atoms with Crippen LogP contribution in [-0.4, -0.2) is 7.11 Å². The first-order chi connectivity index (χ1) is 6.56. The van der Waals surface area contributed by atoms with Gasteiger partial charge in [-0.15, -0.1) is 0 Å². The van der Waals surface area contributed by atoms with Crippen LogP contribution in [0.5, 0.6) is 0 Å². The van der Waals surface area contributed by atoms with E-state index in [-0.39, 0.29) is 6.04 Å². The third kappa shape index (κ3) is 2.97. The predicted octanol–water partition coefficient (Wildman–Crippen LogP) is 3.81. The van der Waals surface area contributed by atoms with Crippen molar-refractivity contribution < 1.29 is 4.84 Å². The molecule has 2 nitrogen and oxygen atoms in total. The van der Waals surface area contributed by atoms with E-state index in [4.69, 9.17) is 28.0 Å². The molecule has 5 heteroatoms. The fourth-order valence-electron chi connectivity index (χ4n) is 1.20. The highest BCUT2D eigenvalue weighted by molar-refractivity contribution is 14.1. The number of hydrogen-bond donors (Lipinski definition) is 1. The highest BCUT2D eigenvalue weighted by Gasteiger charge is 2.14. The van der Waals surface area contributed by atoms with E-state index >= 15 is 0 Å². The Labute approximate surface area is 107 Å². The molecule has 78 valence electrons. The summed E-state index contributed by atoms with van der Waals surface area (Å²) in [6, 6.07) is 3.71. The fourth-order valence-corrected chi connectivity index (χ4v) is 3.01. The Morgan fingerprint density at radius 1 is 1.36 bits per heavy atom. The lowest BCUT2D eigenvalue weighted by molar-refractivity contribution is 0.0659. The van der Waals surface area contributed by atoms with E-state index in [1.54, 1.807) is 7.11 Å². The first-order valence-corrected chi connectivity index (χ1v) is 5.82. The van der Waals surface area contributed by atoms with Crippen LogP contribution in [0.4, 0.5) is 0 Å². The highest BCUT2D eigenvalue weighted by Crippen LogP contribution is 2.32. The summed E-state index contributed by atoms with van der Waals surface area (Å²) in [5, 5.41) is 1.30. The molecular weight excluding hydrogens is 336 g/mol. The fraction of sp³-hybridized carbons (Fsp3) is 0.333. The molecule has 0 aromatic heterocycles. The molecule has 0 amide bonds. The maximum atomic E-state index is 6.08. The van der Waals surface area contributed by atoms with Crippen LogP contribution in [0.1, 0.15) is 18.5 Å². The van der Waals surface area contributed by atoms with Gasteiger partial charge in [-0.25, -0.2) is 0 Å². The average molecular weight is 346 g/mol. The molecule has 0 aliphatic heterocycles. The normalized spacial score (nSPS) is 12.9. The number of hydroxylamine groups is 1. The molecule has 1 rings (SSSR count). The molecule has 0 aliphatic rings. The molecule has 0 bridgehead atoms. The molecule has 0 radical (unpaired) electrons. The van der Waals surface area contributed by atoms with E-state index in [2.05, 4.69) is 28.1 Å². The van der Waals surface area contributed by atoms with E-state index in [1.165, 1.54) is 0 Å². The molecule has 1 unspecified atom stereocenters. The molecule has 0 saturated carbocycles. The maximum absolute atomic E-state index is 6.08. The molecule has 14 heavy (non-hydrogen) atoms. The lowest BCUT2D eigenvalue weighted by Crippen LogP contribution is -2.17. The van der Waals surface area contributed by atoms with Crippen molar-refractivity contribution >= 4 is 45.8 Å². The van der Waals surface area contributed by atoms with Crippen molar-refractivity contribution in [3.63, 3.8) is 0 Å². The molecule has 0 spiro atoms. The molecule has 1 atom stereocenters. The predicted molar refractivity (Wildman–Crippen MR) is 67.7 cm³/mol. The monoisotopic (exact) mass is 345 g/mol. The number of nitrogens with one attached hydrogen (secondary N) is 1. The zero-order valence-corrected chi connectivity index (χ0v) is 11.4. The van der Waals surface area contributed by atoms with Gasteiger partial charge in [0, 0.05) is 19.2 Å². The molecule has 1 N–H and O–H groups in total. The molecule has 1 aromatic rings. The van der Waals surface area contributed by atoms with Gasteiger partial charge in [0.25, 0.3) is 0 Å². The second-order valence-corrected chi connectivity index (χ2v) is 4.89. The third-order valence-electron chi connectivity index (χ3n) is 1.77. The molecule has 0 heterocycles. The Bertz CT molecular complexity index is 310. The topological polar surface area (TPSA) is 21.3 Å². The van der Waals surface area contributed by atoms with Crippen molar-refractivity contribution in [1.82, 2.24) is 5.48 Å². The Balaban J connectivity index is 3.07. The van der Waals surface area contributed by atoms with Crippen LogP contribution < -0.4 is 5.48 Å². The summed E-state index contributed by atoms with van der Waals surface area (Å²) in [5.41, 5.74) is 3.65. The van der Waals surface area contributed by atoms with E-state index in [1.807, 2.05) is 19.1 Å². The smallest absolute Gasteiger partial charge is 0.0572 e. The van der Waals surface area contributed by atoms with Crippen LogP contribution in [0.2, 0.25) is 10.0 Å². The standard InChI is InChI=1S/C9H10Cl2INO/c1-5(13-14-2)9-7(10)3-6(12)4-8(9)11/h3-5,13H,1-2H3. The van der Waals surface area contributed by atoms with Gasteiger partial charge >= 0.3 is 0 Å². The quantitative estimate of drug-likeness (QED) is 0.664. The molecule has 0 fully saturated rings. The van der Waals surface area contributed by atoms with Crippen LogP contribution in [0.25, 0.3) is 0 Å². The summed E-state index contributed by atoms with van der Waals surface area (Å²) in [6.07, 6.45) is 0. The molecular formula is C9H10Cl2INO. The van der Waals surface area contributed by atoms with Crippen molar-refractivity contribution in [1.29, 1.82) is 0 Å². The van der Waals surface area contributed by atoms with Crippen LogP contribution in [0.15, 0.2) is 12.1 Å². The Kier molecular flexibility index (Phi) is 4.93. The zero-order chi connectivity index (χ0) is 10.7. The lowest BCUT2D eigenvalue weighted by atomic mass is 10.1. The Morgan fingerprint density at radius 2 is 1.86 bits per heavy atom. The summed E-state index contributed by atoms with van der Waals surface area (Å²) in [6.45, 7) is 1.93. The van der Waals surface area contributed by atoms with Gasteiger partial charge < -0.3 is 4.84 Å². The van der Waals surface area contributed by atoms with Gasteiger partial charge in [-0.1, -0.05) is 23.2 Å². The van der Waals surface area contributed by atoms with Crippen molar-refractivity contribution in [2.24, 2.45) is 0 Å². The minimum absolute atomic E-state index is 0.0306. The Hall–Kier alpha value is 0.450. The third-order valence-corrected chi connectivity index (χ3v) is 3.02. The van der Waals surface area contributed by atoms with Crippen molar-refractivity contribution in [3.8, 4) is 0 Å². The van der Waals surface area contributed by atoms with Gasteiger partial charge in [0.15, 0.2) is 0 Å². The molecule has 0 aliphatic carbocycles. The van der Waals surface area contributed by atoms with Crippen LogP contribution in [-0.2, 0) is 4.84 Å². The second-order valence-electron chi connectivity index (χ2n) is 2.83. The summed E-state index contributed by atoms with van der Waals surface area (Å²) in [5.74, 6) is 0. The SMILES string of the molecule is CONC(C)c1c(Cl)cc(I)cc1Cl. The maximum Gasteiger partial charge on any atom is 0.0572 e. The van der Waals surface area contributed by atoms with Gasteiger partial charge in [-0.3, -0.25) is 0 Å². The number of halogens is 3. The molecule has 1 aromatic carbocycles. The number of benzene rings is 1. The Morgan fingerprint density at radius 3 is 2.29 bits per heavy atom. The van der Waals surface area contributed by atoms with E-state index in [0.717, 1.165) is 9.13 Å². The average Bonchev–Trinajstić information content (AvgIpc) is 2.01. The first-order valence-electron chi connectivity index (χ1n) is 3.99. The van der Waals surface area contributed by atoms with Crippen molar-refractivity contribution in [2.45, 2.75) is 13.0 Å². The summed E-state index contributed by atoms with van der Waals surface area (Å²) in [4.78, 5) is 4.83. The first kappa shape index (κ1) is 12.5. The largest absolute Gasteiger partial charge is 0.305 e. The second kappa shape index (κ2) is 5.51. The van der Waals surface area contributed by atoms with Crippen molar-refractivity contribution in [2.75, 3.05) is 7.11 Å².